The van der Waals surface area contributed by atoms with Gasteiger partial charge in [0.1, 0.15) is 10.7 Å². The average Bonchev–Trinajstić information content (AvgIpc) is 2.38. The minimum atomic E-state index is -3.72. The van der Waals surface area contributed by atoms with Crippen LogP contribution in [0.25, 0.3) is 0 Å². The summed E-state index contributed by atoms with van der Waals surface area (Å²) >= 11 is 9.23. The van der Waals surface area contributed by atoms with E-state index in [2.05, 4.69) is 20.9 Å². The molecule has 0 amide bonds. The predicted octanol–water partition coefficient (Wildman–Crippen LogP) is 3.32. The van der Waals surface area contributed by atoms with E-state index in [0.29, 0.717) is 5.82 Å². The van der Waals surface area contributed by atoms with Crippen molar-refractivity contribution in [1.29, 1.82) is 0 Å². The maximum atomic E-state index is 12.5. The summed E-state index contributed by atoms with van der Waals surface area (Å²) in [6, 6.07) is 9.69. The summed E-state index contributed by atoms with van der Waals surface area (Å²) in [7, 11) is -2.28. The molecular formula is C12H10BrClN2O2S. The van der Waals surface area contributed by atoms with E-state index in [1.54, 1.807) is 30.3 Å². The quantitative estimate of drug-likeness (QED) is 0.842. The Morgan fingerprint density at radius 2 is 2.00 bits per heavy atom. The number of benzene rings is 1. The summed E-state index contributed by atoms with van der Waals surface area (Å²) in [6.45, 7) is 0. The number of hydrogen-bond acceptors (Lipinski definition) is 3. The molecule has 100 valence electrons. The Morgan fingerprint density at radius 1 is 1.26 bits per heavy atom. The van der Waals surface area contributed by atoms with Crippen LogP contribution in [-0.2, 0) is 10.0 Å². The van der Waals surface area contributed by atoms with Gasteiger partial charge in [-0.05, 0) is 30.3 Å². The van der Waals surface area contributed by atoms with E-state index < -0.39 is 10.0 Å². The summed E-state index contributed by atoms with van der Waals surface area (Å²) in [5.41, 5.74) is 0. The second-order valence-electron chi connectivity index (χ2n) is 3.74. The molecule has 0 saturated heterocycles. The lowest BCUT2D eigenvalue weighted by atomic mass is 10.4. The molecule has 0 saturated carbocycles. The summed E-state index contributed by atoms with van der Waals surface area (Å²) in [6.07, 6.45) is 1.53. The van der Waals surface area contributed by atoms with Gasteiger partial charge in [0.05, 0.1) is 5.02 Å². The Balaban J connectivity index is 2.48. The summed E-state index contributed by atoms with van der Waals surface area (Å²) < 4.78 is 26.7. The minimum Gasteiger partial charge on any atom is -0.253 e. The number of pyridine rings is 1. The molecule has 0 bridgehead atoms. The highest BCUT2D eigenvalue weighted by Crippen LogP contribution is 2.28. The van der Waals surface area contributed by atoms with Crippen molar-refractivity contribution in [2.75, 3.05) is 11.4 Å². The van der Waals surface area contributed by atoms with Crippen LogP contribution in [0.1, 0.15) is 0 Å². The van der Waals surface area contributed by atoms with Gasteiger partial charge in [0.25, 0.3) is 10.0 Å². The van der Waals surface area contributed by atoms with Crippen LogP contribution in [0.4, 0.5) is 5.82 Å². The highest BCUT2D eigenvalue weighted by atomic mass is 79.9. The maximum Gasteiger partial charge on any atom is 0.266 e. The van der Waals surface area contributed by atoms with E-state index in [1.807, 2.05) is 0 Å². The van der Waals surface area contributed by atoms with Crippen molar-refractivity contribution in [3.63, 3.8) is 0 Å². The molecule has 0 unspecified atom stereocenters. The number of sulfonamides is 1. The van der Waals surface area contributed by atoms with Crippen LogP contribution in [0.3, 0.4) is 0 Å². The Bertz CT molecular complexity index is 692. The van der Waals surface area contributed by atoms with Crippen molar-refractivity contribution in [3.8, 4) is 0 Å². The molecule has 0 aliphatic carbocycles. The highest BCUT2D eigenvalue weighted by molar-refractivity contribution is 9.10. The van der Waals surface area contributed by atoms with Gasteiger partial charge in [-0.15, -0.1) is 0 Å². The first-order valence-corrected chi connectivity index (χ1v) is 7.89. The SMILES string of the molecule is CN(c1ccccn1)S(=O)(=O)c1ccc(Br)cc1Cl. The second kappa shape index (κ2) is 5.48. The van der Waals surface area contributed by atoms with E-state index in [1.165, 1.54) is 19.3 Å². The molecule has 0 fully saturated rings. The van der Waals surface area contributed by atoms with Crippen molar-refractivity contribution in [3.05, 3.63) is 52.1 Å². The van der Waals surface area contributed by atoms with Gasteiger partial charge in [-0.25, -0.2) is 13.4 Å². The lowest BCUT2D eigenvalue weighted by Gasteiger charge is -2.19. The molecule has 1 aromatic carbocycles. The lowest BCUT2D eigenvalue weighted by molar-refractivity contribution is 0.594. The molecule has 0 aliphatic heterocycles. The van der Waals surface area contributed by atoms with Gasteiger partial charge < -0.3 is 0 Å². The molecular weight excluding hydrogens is 352 g/mol. The van der Waals surface area contributed by atoms with Gasteiger partial charge in [0.2, 0.25) is 0 Å². The van der Waals surface area contributed by atoms with Crippen LogP contribution in [0.2, 0.25) is 5.02 Å². The number of halogens is 2. The van der Waals surface area contributed by atoms with Crippen LogP contribution in [-0.4, -0.2) is 20.4 Å². The third-order valence-corrected chi connectivity index (χ3v) is 5.24. The topological polar surface area (TPSA) is 50.3 Å². The van der Waals surface area contributed by atoms with E-state index in [9.17, 15) is 8.42 Å². The molecule has 7 heteroatoms. The molecule has 0 radical (unpaired) electrons. The molecule has 4 nitrogen and oxygen atoms in total. The zero-order chi connectivity index (χ0) is 14.0. The van der Waals surface area contributed by atoms with Crippen LogP contribution in [0.5, 0.6) is 0 Å². The number of nitrogens with zero attached hydrogens (tertiary/aromatic N) is 2. The van der Waals surface area contributed by atoms with E-state index >= 15 is 0 Å². The summed E-state index contributed by atoms with van der Waals surface area (Å²) in [4.78, 5) is 4.06. The van der Waals surface area contributed by atoms with Crippen molar-refractivity contribution in [1.82, 2.24) is 4.98 Å². The summed E-state index contributed by atoms with van der Waals surface area (Å²) in [5, 5.41) is 0.164. The fourth-order valence-electron chi connectivity index (χ4n) is 1.50. The molecule has 1 heterocycles. The zero-order valence-corrected chi connectivity index (χ0v) is 13.1. The lowest BCUT2D eigenvalue weighted by Crippen LogP contribution is -2.27. The normalized spacial score (nSPS) is 11.3. The fraction of sp³-hybridized carbons (Fsp3) is 0.0833. The third-order valence-electron chi connectivity index (χ3n) is 2.50. The number of aromatic nitrogens is 1. The first-order valence-electron chi connectivity index (χ1n) is 5.28. The van der Waals surface area contributed by atoms with E-state index in [4.69, 9.17) is 11.6 Å². The van der Waals surface area contributed by atoms with E-state index in [-0.39, 0.29) is 9.92 Å². The number of rotatable bonds is 3. The van der Waals surface area contributed by atoms with Crippen LogP contribution in [0, 0.1) is 0 Å². The van der Waals surface area contributed by atoms with Crippen molar-refractivity contribution >= 4 is 43.4 Å². The van der Waals surface area contributed by atoms with E-state index in [0.717, 1.165) is 8.78 Å². The van der Waals surface area contributed by atoms with Gasteiger partial charge in [0.15, 0.2) is 0 Å². The largest absolute Gasteiger partial charge is 0.266 e. The molecule has 0 N–H and O–H groups in total. The number of hydrogen-bond donors (Lipinski definition) is 0. The fourth-order valence-corrected chi connectivity index (χ4v) is 3.66. The van der Waals surface area contributed by atoms with Crippen LogP contribution >= 0.6 is 27.5 Å². The van der Waals surface area contributed by atoms with Gasteiger partial charge in [-0.1, -0.05) is 33.6 Å². The monoisotopic (exact) mass is 360 g/mol. The van der Waals surface area contributed by atoms with Crippen molar-refractivity contribution in [2.45, 2.75) is 4.90 Å². The maximum absolute atomic E-state index is 12.5. The zero-order valence-electron chi connectivity index (χ0n) is 9.92. The van der Waals surface area contributed by atoms with Crippen LogP contribution in [0.15, 0.2) is 52.0 Å². The molecule has 2 aromatic rings. The minimum absolute atomic E-state index is 0.0468. The average molecular weight is 362 g/mol. The first-order chi connectivity index (χ1) is 8.93. The molecule has 19 heavy (non-hydrogen) atoms. The molecule has 0 atom stereocenters. The van der Waals surface area contributed by atoms with Gasteiger partial charge in [-0.3, -0.25) is 4.31 Å². The second-order valence-corrected chi connectivity index (χ2v) is 7.00. The Hall–Kier alpha value is -1.11. The van der Waals surface area contributed by atoms with Gasteiger partial charge in [-0.2, -0.15) is 0 Å². The molecule has 1 aromatic heterocycles. The van der Waals surface area contributed by atoms with Crippen molar-refractivity contribution in [2.24, 2.45) is 0 Å². The molecule has 0 aliphatic rings. The number of anilines is 1. The summed E-state index contributed by atoms with van der Waals surface area (Å²) in [5.74, 6) is 0.335. The highest BCUT2D eigenvalue weighted by Gasteiger charge is 2.24. The smallest absolute Gasteiger partial charge is 0.253 e. The van der Waals surface area contributed by atoms with Crippen molar-refractivity contribution < 1.29 is 8.42 Å². The third kappa shape index (κ3) is 2.91. The van der Waals surface area contributed by atoms with Gasteiger partial charge >= 0.3 is 0 Å². The Morgan fingerprint density at radius 3 is 2.58 bits per heavy atom. The molecule has 0 spiro atoms. The predicted molar refractivity (Wildman–Crippen MR) is 79.0 cm³/mol. The first kappa shape index (κ1) is 14.3. The Labute approximate surface area is 125 Å². The van der Waals surface area contributed by atoms with Gasteiger partial charge in [0, 0.05) is 17.7 Å². The standard InChI is InChI=1S/C12H10BrClN2O2S/c1-16(12-4-2-3-7-15-12)19(17,18)11-6-5-9(13)8-10(11)14/h2-8H,1H3. The molecule has 2 rings (SSSR count). The van der Waals surface area contributed by atoms with Crippen LogP contribution < -0.4 is 4.31 Å². The Kier molecular flexibility index (Phi) is 4.13.